The lowest BCUT2D eigenvalue weighted by atomic mass is 9.76. The van der Waals surface area contributed by atoms with E-state index in [1.807, 2.05) is 0 Å². The lowest BCUT2D eigenvalue weighted by Crippen LogP contribution is -2.60. The van der Waals surface area contributed by atoms with Gasteiger partial charge in [0.25, 0.3) is 0 Å². The molecule has 2 heterocycles. The molecule has 1 spiro atoms. The number of hydrogen-bond donors (Lipinski definition) is 0. The molecule has 5 rings (SSSR count). The van der Waals surface area contributed by atoms with Crippen LogP contribution in [0, 0.1) is 5.92 Å². The molecule has 1 atom stereocenters. The number of hydrogen-bond acceptors (Lipinski definition) is 2. The highest BCUT2D eigenvalue weighted by molar-refractivity contribution is 5.94. The second-order valence-electron chi connectivity index (χ2n) is 8.98. The fraction of sp³-hybridized carbons (Fsp3) is 0.308. The van der Waals surface area contributed by atoms with Gasteiger partial charge in [-0.2, -0.15) is 0 Å². The molecule has 0 aliphatic carbocycles. The Morgan fingerprint density at radius 2 is 1.68 bits per heavy atom. The summed E-state index contributed by atoms with van der Waals surface area (Å²) in [5.41, 5.74) is 3.13. The van der Waals surface area contributed by atoms with Crippen LogP contribution in [0.5, 0.6) is 5.75 Å². The molecule has 142 valence electrons. The van der Waals surface area contributed by atoms with Crippen LogP contribution in [-0.2, 0) is 5.41 Å². The molecule has 0 fully saturated rings. The second kappa shape index (κ2) is 5.88. The second-order valence-corrected chi connectivity index (χ2v) is 8.98. The van der Waals surface area contributed by atoms with Crippen LogP contribution in [0.25, 0.3) is 16.8 Å². The number of rotatable bonds is 2. The highest BCUT2D eigenvalue weighted by atomic mass is 16.5. The number of fused-ring (bicyclic) bond motifs is 4. The molecule has 2 heteroatoms. The minimum atomic E-state index is -0.517. The van der Waals surface area contributed by atoms with Crippen LogP contribution in [0.15, 0.2) is 66.7 Å². The molecule has 0 N–H and O–H groups in total. The van der Waals surface area contributed by atoms with Gasteiger partial charge < -0.3 is 9.64 Å². The Bertz CT molecular complexity index is 1090. The predicted octanol–water partition coefficient (Wildman–Crippen LogP) is 6.40. The third-order valence-corrected chi connectivity index (χ3v) is 6.38. The van der Waals surface area contributed by atoms with E-state index in [-0.39, 0.29) is 5.41 Å². The van der Waals surface area contributed by atoms with Crippen LogP contribution in [-0.4, -0.2) is 12.3 Å². The van der Waals surface area contributed by atoms with Crippen LogP contribution in [0.1, 0.15) is 38.8 Å². The fourth-order valence-electron chi connectivity index (χ4n) is 4.96. The summed E-state index contributed by atoms with van der Waals surface area (Å²) in [4.78, 5) is 2.47. The Morgan fingerprint density at radius 1 is 0.929 bits per heavy atom. The first-order valence-corrected chi connectivity index (χ1v) is 10.2. The SMILES string of the molecule is CC(C)CN1c2ccccc2C(C)(C)C12C=Cc1c(ccc3ccccc13)O2. The zero-order chi connectivity index (χ0) is 19.5. The molecule has 0 amide bonds. The molecular weight excluding hydrogens is 342 g/mol. The summed E-state index contributed by atoms with van der Waals surface area (Å²) in [5.74, 6) is 1.50. The predicted molar refractivity (Wildman–Crippen MR) is 118 cm³/mol. The van der Waals surface area contributed by atoms with Crippen molar-refractivity contribution in [2.75, 3.05) is 11.4 Å². The van der Waals surface area contributed by atoms with Gasteiger partial charge in [0.1, 0.15) is 5.75 Å². The van der Waals surface area contributed by atoms with Gasteiger partial charge in [-0.15, -0.1) is 0 Å². The van der Waals surface area contributed by atoms with Crippen molar-refractivity contribution in [3.05, 3.63) is 77.9 Å². The maximum atomic E-state index is 6.94. The summed E-state index contributed by atoms with van der Waals surface area (Å²) >= 11 is 0. The van der Waals surface area contributed by atoms with E-state index in [0.29, 0.717) is 5.92 Å². The van der Waals surface area contributed by atoms with Gasteiger partial charge in [-0.1, -0.05) is 62.4 Å². The molecule has 3 aromatic rings. The quantitative estimate of drug-likeness (QED) is 0.518. The smallest absolute Gasteiger partial charge is 0.212 e. The van der Waals surface area contributed by atoms with Crippen molar-refractivity contribution < 1.29 is 4.74 Å². The van der Waals surface area contributed by atoms with Crippen molar-refractivity contribution in [2.24, 2.45) is 5.92 Å². The first kappa shape index (κ1) is 17.4. The van der Waals surface area contributed by atoms with E-state index in [1.54, 1.807) is 0 Å². The summed E-state index contributed by atoms with van der Waals surface area (Å²) in [6.07, 6.45) is 4.58. The topological polar surface area (TPSA) is 12.5 Å². The van der Waals surface area contributed by atoms with E-state index in [9.17, 15) is 0 Å². The summed E-state index contributed by atoms with van der Waals surface area (Å²) < 4.78 is 6.94. The third-order valence-electron chi connectivity index (χ3n) is 6.38. The Balaban J connectivity index is 1.71. The van der Waals surface area contributed by atoms with E-state index < -0.39 is 5.72 Å². The zero-order valence-electron chi connectivity index (χ0n) is 17.1. The molecule has 28 heavy (non-hydrogen) atoms. The maximum Gasteiger partial charge on any atom is 0.212 e. The van der Waals surface area contributed by atoms with E-state index in [0.717, 1.165) is 12.3 Å². The number of nitrogens with zero attached hydrogens (tertiary/aromatic N) is 1. The van der Waals surface area contributed by atoms with Crippen molar-refractivity contribution in [1.82, 2.24) is 0 Å². The van der Waals surface area contributed by atoms with E-state index in [2.05, 4.69) is 105 Å². The van der Waals surface area contributed by atoms with Gasteiger partial charge >= 0.3 is 0 Å². The minimum Gasteiger partial charge on any atom is -0.463 e. The molecule has 0 saturated carbocycles. The Kier molecular flexibility index (Phi) is 3.64. The van der Waals surface area contributed by atoms with Gasteiger partial charge in [-0.05, 0) is 60.4 Å². The fourth-order valence-corrected chi connectivity index (χ4v) is 4.96. The Labute approximate surface area is 167 Å². The molecule has 3 aromatic carbocycles. The van der Waals surface area contributed by atoms with E-state index in [1.165, 1.54) is 27.6 Å². The van der Waals surface area contributed by atoms with Crippen LogP contribution < -0.4 is 9.64 Å². The average molecular weight is 370 g/mol. The lowest BCUT2D eigenvalue weighted by molar-refractivity contribution is 0.0517. The van der Waals surface area contributed by atoms with Crippen molar-refractivity contribution in [3.63, 3.8) is 0 Å². The minimum absolute atomic E-state index is 0.168. The Hall–Kier alpha value is -2.74. The molecule has 2 aliphatic heterocycles. The number of anilines is 1. The van der Waals surface area contributed by atoms with Crippen LogP contribution in [0.2, 0.25) is 0 Å². The van der Waals surface area contributed by atoms with Gasteiger partial charge in [-0.25, -0.2) is 0 Å². The zero-order valence-corrected chi connectivity index (χ0v) is 17.1. The summed E-state index contributed by atoms with van der Waals surface area (Å²) in [5, 5.41) is 2.49. The Morgan fingerprint density at radius 3 is 2.50 bits per heavy atom. The van der Waals surface area contributed by atoms with Gasteiger partial charge in [0.15, 0.2) is 0 Å². The van der Waals surface area contributed by atoms with Gasteiger partial charge in [-0.3, -0.25) is 0 Å². The van der Waals surface area contributed by atoms with Crippen LogP contribution in [0.3, 0.4) is 0 Å². The highest BCUT2D eigenvalue weighted by Gasteiger charge is 2.58. The number of para-hydroxylation sites is 1. The van der Waals surface area contributed by atoms with Gasteiger partial charge in [0.2, 0.25) is 5.72 Å². The molecular formula is C26H27NO. The molecule has 1 unspecified atom stereocenters. The van der Waals surface area contributed by atoms with Crippen molar-refractivity contribution in [2.45, 2.75) is 38.8 Å². The molecule has 2 nitrogen and oxygen atoms in total. The summed E-state index contributed by atoms with van der Waals surface area (Å²) in [6, 6.07) is 21.6. The maximum absolute atomic E-state index is 6.94. The molecule has 0 bridgehead atoms. The normalized spacial score (nSPS) is 21.8. The van der Waals surface area contributed by atoms with Crippen molar-refractivity contribution in [3.8, 4) is 5.75 Å². The van der Waals surface area contributed by atoms with Crippen LogP contribution in [0.4, 0.5) is 5.69 Å². The van der Waals surface area contributed by atoms with Crippen LogP contribution >= 0.6 is 0 Å². The molecule has 0 saturated heterocycles. The standard InChI is InChI=1S/C26H27NO/c1-18(2)17-27-23-12-8-7-11-22(23)25(3,4)26(27)16-15-21-20-10-6-5-9-19(20)13-14-24(21)28-26/h5-16,18H,17H2,1-4H3. The lowest BCUT2D eigenvalue weighted by Gasteiger charge is -2.47. The highest BCUT2D eigenvalue weighted by Crippen LogP contribution is 2.55. The molecule has 0 aromatic heterocycles. The molecule has 2 aliphatic rings. The molecule has 0 radical (unpaired) electrons. The summed E-state index contributed by atoms with van der Waals surface area (Å²) in [7, 11) is 0. The third kappa shape index (κ3) is 2.21. The average Bonchev–Trinajstić information content (AvgIpc) is 2.86. The van der Waals surface area contributed by atoms with Crippen molar-refractivity contribution >= 4 is 22.5 Å². The van der Waals surface area contributed by atoms with Gasteiger partial charge in [0, 0.05) is 17.8 Å². The summed E-state index contributed by atoms with van der Waals surface area (Å²) in [6.45, 7) is 10.1. The number of ether oxygens (including phenoxy) is 1. The number of benzene rings is 3. The van der Waals surface area contributed by atoms with E-state index in [4.69, 9.17) is 4.74 Å². The first-order valence-electron chi connectivity index (χ1n) is 10.2. The monoisotopic (exact) mass is 369 g/mol. The first-order chi connectivity index (χ1) is 13.4. The largest absolute Gasteiger partial charge is 0.463 e. The van der Waals surface area contributed by atoms with Gasteiger partial charge in [0.05, 0.1) is 5.41 Å². The van der Waals surface area contributed by atoms with Crippen molar-refractivity contribution in [1.29, 1.82) is 0 Å². The van der Waals surface area contributed by atoms with E-state index >= 15 is 0 Å².